The normalized spacial score (nSPS) is 12.4. The number of alkyl halides is 3. The summed E-state index contributed by atoms with van der Waals surface area (Å²) >= 11 is 0. The fourth-order valence-electron chi connectivity index (χ4n) is 1.74. The van der Waals surface area contributed by atoms with Gasteiger partial charge in [-0.2, -0.15) is 13.2 Å². The Bertz CT molecular complexity index is 504. The van der Waals surface area contributed by atoms with Gasteiger partial charge in [-0.15, -0.1) is 0 Å². The van der Waals surface area contributed by atoms with Crippen LogP contribution in [0.25, 0.3) is 0 Å². The largest absolute Gasteiger partial charge is 0.530 e. The van der Waals surface area contributed by atoms with Gasteiger partial charge in [0.1, 0.15) is 11.9 Å². The molecule has 1 aromatic carbocycles. The van der Waals surface area contributed by atoms with Crippen LogP contribution >= 0.6 is 0 Å². The molecule has 0 atom stereocenters. The second-order valence-corrected chi connectivity index (χ2v) is 5.01. The highest BCUT2D eigenvalue weighted by Gasteiger charge is 2.37. The molecule has 1 rings (SSSR count). The average Bonchev–Trinajstić information content (AvgIpc) is 2.11. The number of nitrogens with one attached hydrogen (secondary N) is 1. The number of hydrogen-bond acceptors (Lipinski definition) is 2. The van der Waals surface area contributed by atoms with Crippen molar-refractivity contribution in [3.05, 3.63) is 29.1 Å². The van der Waals surface area contributed by atoms with Gasteiger partial charge < -0.3 is 15.2 Å². The molecule has 0 radical (unpaired) electrons. The summed E-state index contributed by atoms with van der Waals surface area (Å²) < 4.78 is 51.9. The number of anilines is 1. The zero-order valence-corrected chi connectivity index (χ0v) is 10.5. The van der Waals surface area contributed by atoms with Gasteiger partial charge in [0.15, 0.2) is 0 Å². The number of hydrogen-bond donors (Lipinski definition) is 1. The molecule has 0 saturated heterocycles. The van der Waals surface area contributed by atoms with Crippen LogP contribution < -0.4 is 10.4 Å². The summed E-state index contributed by atoms with van der Waals surface area (Å²) in [5, 5.41) is 12.3. The Morgan fingerprint density at radius 3 is 2.11 bits per heavy atom. The van der Waals surface area contributed by atoms with Crippen molar-refractivity contribution in [3.8, 4) is 0 Å². The minimum atomic E-state index is -4.84. The number of carbonyl (C=O) groups excluding carboxylic acids is 1. The summed E-state index contributed by atoms with van der Waals surface area (Å²) in [7, 11) is 0. The Balaban J connectivity index is 3.55. The first-order chi connectivity index (χ1) is 8.44. The number of carbonyl (C=O) groups is 1. The lowest BCUT2D eigenvalue weighted by Crippen LogP contribution is -2.31. The lowest BCUT2D eigenvalue weighted by Gasteiger charge is -2.26. The maximum Gasteiger partial charge on any atom is 0.419 e. The number of amides is 1. The molecule has 0 aliphatic carbocycles. The molecule has 19 heavy (non-hydrogen) atoms. The maximum absolute atomic E-state index is 14.0. The van der Waals surface area contributed by atoms with E-state index in [0.29, 0.717) is 6.07 Å². The fourth-order valence-corrected chi connectivity index (χ4v) is 1.74. The van der Waals surface area contributed by atoms with Crippen LogP contribution in [-0.4, -0.2) is 6.09 Å². The quantitative estimate of drug-likeness (QED) is 0.803. The molecular weight excluding hydrogens is 266 g/mol. The summed E-state index contributed by atoms with van der Waals surface area (Å²) in [5.41, 5.74) is -3.05. The van der Waals surface area contributed by atoms with Crippen molar-refractivity contribution < 1.29 is 27.5 Å². The van der Waals surface area contributed by atoms with Crippen molar-refractivity contribution in [2.24, 2.45) is 0 Å². The zero-order chi connectivity index (χ0) is 15.0. The van der Waals surface area contributed by atoms with E-state index in [1.165, 1.54) is 20.8 Å². The second-order valence-electron chi connectivity index (χ2n) is 5.01. The molecule has 0 heterocycles. The summed E-state index contributed by atoms with van der Waals surface area (Å²) in [6.07, 6.45) is -6.56. The molecule has 0 aliphatic heterocycles. The topological polar surface area (TPSA) is 52.2 Å². The van der Waals surface area contributed by atoms with E-state index in [-0.39, 0.29) is 11.3 Å². The van der Waals surface area contributed by atoms with E-state index >= 15 is 0 Å². The summed E-state index contributed by atoms with van der Waals surface area (Å²) in [6.45, 7) is 4.43. The Kier molecular flexibility index (Phi) is 3.79. The molecule has 1 aromatic rings. The maximum atomic E-state index is 14.0. The Morgan fingerprint density at radius 1 is 1.21 bits per heavy atom. The van der Waals surface area contributed by atoms with Gasteiger partial charge in [-0.25, -0.2) is 4.39 Å². The standard InChI is InChI=1S/C12H13F4NO2/c1-11(2,3)8-7(17-10(18)19)5-4-6(9(8)13)12(14,15)16/h4-5,17H,1-3H3,(H,18,19)/p-1. The fraction of sp³-hybridized carbons (Fsp3) is 0.417. The van der Waals surface area contributed by atoms with Crippen LogP contribution in [0.4, 0.5) is 28.0 Å². The number of halogens is 4. The highest BCUT2D eigenvalue weighted by Crippen LogP contribution is 2.39. The second kappa shape index (κ2) is 4.71. The van der Waals surface area contributed by atoms with E-state index < -0.39 is 29.1 Å². The van der Waals surface area contributed by atoms with Crippen LogP contribution in [0.2, 0.25) is 0 Å². The minimum absolute atomic E-state index is 0.252. The molecule has 0 fully saturated rings. The SMILES string of the molecule is CC(C)(C)c1c(NC(=O)[O-])ccc(C(F)(F)F)c1F. The van der Waals surface area contributed by atoms with Gasteiger partial charge in [0, 0.05) is 11.3 Å². The van der Waals surface area contributed by atoms with Crippen LogP contribution in [0, 0.1) is 5.82 Å². The van der Waals surface area contributed by atoms with E-state index in [0.717, 1.165) is 6.07 Å². The number of carboxylic acid groups (broad SMARTS) is 1. The lowest BCUT2D eigenvalue weighted by atomic mass is 9.84. The van der Waals surface area contributed by atoms with Gasteiger partial charge in [0.2, 0.25) is 0 Å². The molecule has 106 valence electrons. The molecule has 0 aliphatic rings. The summed E-state index contributed by atoms with van der Waals surface area (Å²) in [5.74, 6) is -1.48. The third-order valence-corrected chi connectivity index (χ3v) is 2.43. The van der Waals surface area contributed by atoms with Gasteiger partial charge in [-0.3, -0.25) is 0 Å². The zero-order valence-electron chi connectivity index (χ0n) is 10.5. The molecule has 0 bridgehead atoms. The van der Waals surface area contributed by atoms with Crippen molar-refractivity contribution in [2.75, 3.05) is 5.32 Å². The van der Waals surface area contributed by atoms with Crippen molar-refractivity contribution in [3.63, 3.8) is 0 Å². The Labute approximate surface area is 107 Å². The first-order valence-corrected chi connectivity index (χ1v) is 5.32. The minimum Gasteiger partial charge on any atom is -0.530 e. The third-order valence-electron chi connectivity index (χ3n) is 2.43. The molecule has 0 unspecified atom stereocenters. The van der Waals surface area contributed by atoms with Gasteiger partial charge in [-0.05, 0) is 17.5 Å². The van der Waals surface area contributed by atoms with Crippen LogP contribution in [0.15, 0.2) is 12.1 Å². The third kappa shape index (κ3) is 3.36. The highest BCUT2D eigenvalue weighted by atomic mass is 19.4. The molecule has 1 N–H and O–H groups in total. The van der Waals surface area contributed by atoms with Gasteiger partial charge in [-0.1, -0.05) is 20.8 Å². The first-order valence-electron chi connectivity index (χ1n) is 5.32. The molecule has 1 amide bonds. The van der Waals surface area contributed by atoms with E-state index in [1.807, 2.05) is 0 Å². The molecule has 0 aromatic heterocycles. The molecule has 7 heteroatoms. The van der Waals surface area contributed by atoms with Gasteiger partial charge in [0.05, 0.1) is 5.56 Å². The summed E-state index contributed by atoms with van der Waals surface area (Å²) in [4.78, 5) is 10.5. The van der Waals surface area contributed by atoms with E-state index in [1.54, 1.807) is 5.32 Å². The smallest absolute Gasteiger partial charge is 0.419 e. The van der Waals surface area contributed by atoms with Crippen LogP contribution in [0.5, 0.6) is 0 Å². The average molecular weight is 278 g/mol. The van der Waals surface area contributed by atoms with Crippen LogP contribution in [-0.2, 0) is 11.6 Å². The molecule has 0 saturated carbocycles. The number of benzene rings is 1. The first kappa shape index (κ1) is 15.3. The summed E-state index contributed by atoms with van der Waals surface area (Å²) in [6, 6.07) is 1.37. The van der Waals surface area contributed by atoms with E-state index in [9.17, 15) is 27.5 Å². The van der Waals surface area contributed by atoms with Crippen LogP contribution in [0.3, 0.4) is 0 Å². The van der Waals surface area contributed by atoms with Gasteiger partial charge >= 0.3 is 6.18 Å². The van der Waals surface area contributed by atoms with E-state index in [4.69, 9.17) is 0 Å². The van der Waals surface area contributed by atoms with Crippen molar-refractivity contribution in [2.45, 2.75) is 32.4 Å². The van der Waals surface area contributed by atoms with Crippen molar-refractivity contribution >= 4 is 11.8 Å². The lowest BCUT2D eigenvalue weighted by molar-refractivity contribution is -0.242. The molecular formula is C12H12F4NO2-. The van der Waals surface area contributed by atoms with Crippen LogP contribution in [0.1, 0.15) is 31.9 Å². The molecule has 0 spiro atoms. The van der Waals surface area contributed by atoms with E-state index in [2.05, 4.69) is 0 Å². The highest BCUT2D eigenvalue weighted by molar-refractivity contribution is 5.83. The van der Waals surface area contributed by atoms with Crippen molar-refractivity contribution in [1.82, 2.24) is 0 Å². The predicted octanol–water partition coefficient (Wildman–Crippen LogP) is 2.90. The van der Waals surface area contributed by atoms with Crippen molar-refractivity contribution in [1.29, 1.82) is 0 Å². The monoisotopic (exact) mass is 278 g/mol. The predicted molar refractivity (Wildman–Crippen MR) is 59.1 cm³/mol. The number of rotatable bonds is 1. The Hall–Kier alpha value is -1.79. The Morgan fingerprint density at radius 2 is 1.74 bits per heavy atom. The van der Waals surface area contributed by atoms with Gasteiger partial charge in [0.25, 0.3) is 0 Å². The molecule has 3 nitrogen and oxygen atoms in total.